The van der Waals surface area contributed by atoms with Crippen molar-refractivity contribution in [3.8, 4) is 0 Å². The quantitative estimate of drug-likeness (QED) is 0.725. The number of nitrogen functional groups attached to an aromatic ring is 1. The fraction of sp³-hybridized carbons (Fsp3) is 0.615. The van der Waals surface area contributed by atoms with Gasteiger partial charge in [0.25, 0.3) is 0 Å². The summed E-state index contributed by atoms with van der Waals surface area (Å²) >= 11 is 0. The van der Waals surface area contributed by atoms with E-state index in [1.54, 1.807) is 18.3 Å². The lowest BCUT2D eigenvalue weighted by molar-refractivity contribution is 0.621. The van der Waals surface area contributed by atoms with Crippen molar-refractivity contribution in [3.05, 3.63) is 18.3 Å². The Balaban J connectivity index is 2.24. The van der Waals surface area contributed by atoms with Gasteiger partial charge in [-0.1, -0.05) is 39.0 Å². The molecule has 1 rings (SSSR count). The number of nitrogens with zero attached hydrogens (tertiary/aromatic N) is 1. The second-order valence-corrected chi connectivity index (χ2v) is 5.70. The Morgan fingerprint density at radius 2 is 1.94 bits per heavy atom. The van der Waals surface area contributed by atoms with Crippen LogP contribution in [0.25, 0.3) is 0 Å². The van der Waals surface area contributed by atoms with Crippen LogP contribution in [-0.4, -0.2) is 14.9 Å². The highest BCUT2D eigenvalue weighted by Crippen LogP contribution is 2.14. The molecule has 0 aliphatic rings. The summed E-state index contributed by atoms with van der Waals surface area (Å²) in [5.74, 6) is 0.674. The van der Waals surface area contributed by atoms with E-state index in [-0.39, 0.29) is 0 Å². The lowest BCUT2D eigenvalue weighted by Gasteiger charge is -2.04. The fourth-order valence-corrected chi connectivity index (χ4v) is 2.87. The molecular weight excluding hydrogens is 232 g/mol. The van der Waals surface area contributed by atoms with Crippen molar-refractivity contribution in [2.75, 3.05) is 11.5 Å². The average molecular weight is 254 g/mol. The highest BCUT2D eigenvalue weighted by Gasteiger charge is 2.08. The maximum atomic E-state index is 11.9. The van der Waals surface area contributed by atoms with Crippen LogP contribution in [0.2, 0.25) is 0 Å². The Kier molecular flexibility index (Phi) is 6.86. The molecule has 1 heterocycles. The van der Waals surface area contributed by atoms with Gasteiger partial charge in [0.15, 0.2) is 0 Å². The van der Waals surface area contributed by atoms with E-state index in [9.17, 15) is 4.21 Å². The van der Waals surface area contributed by atoms with Crippen LogP contribution >= 0.6 is 0 Å². The van der Waals surface area contributed by atoms with Gasteiger partial charge in [-0.05, 0) is 18.6 Å². The molecule has 17 heavy (non-hydrogen) atoms. The third-order valence-corrected chi connectivity index (χ3v) is 4.13. The largest absolute Gasteiger partial charge is 0.396 e. The van der Waals surface area contributed by atoms with Gasteiger partial charge >= 0.3 is 0 Å². The van der Waals surface area contributed by atoms with Crippen LogP contribution in [-0.2, 0) is 10.8 Å². The molecule has 0 radical (unpaired) electrons. The van der Waals surface area contributed by atoms with Crippen molar-refractivity contribution >= 4 is 16.5 Å². The number of hydrogen-bond acceptors (Lipinski definition) is 3. The minimum absolute atomic E-state index is 0.539. The van der Waals surface area contributed by atoms with Gasteiger partial charge in [0, 0.05) is 11.9 Å². The molecule has 0 fully saturated rings. The van der Waals surface area contributed by atoms with E-state index in [0.29, 0.717) is 16.5 Å². The van der Waals surface area contributed by atoms with Crippen molar-refractivity contribution in [3.63, 3.8) is 0 Å². The maximum absolute atomic E-state index is 11.9. The van der Waals surface area contributed by atoms with Gasteiger partial charge in [-0.3, -0.25) is 4.21 Å². The zero-order chi connectivity index (χ0) is 12.5. The molecule has 1 aromatic rings. The average Bonchev–Trinajstić information content (AvgIpc) is 2.34. The summed E-state index contributed by atoms with van der Waals surface area (Å²) in [4.78, 5) is 4.08. The summed E-state index contributed by atoms with van der Waals surface area (Å²) in [5.41, 5.74) is 6.27. The predicted molar refractivity (Wildman–Crippen MR) is 73.3 cm³/mol. The molecule has 3 nitrogen and oxygen atoms in total. The summed E-state index contributed by atoms with van der Waals surface area (Å²) in [6.45, 7) is 2.21. The van der Waals surface area contributed by atoms with Gasteiger partial charge in [0.2, 0.25) is 0 Å². The SMILES string of the molecule is CCCCCCCCS(=O)c1ncccc1N. The van der Waals surface area contributed by atoms with E-state index >= 15 is 0 Å². The molecule has 0 aliphatic heterocycles. The molecule has 0 saturated heterocycles. The smallest absolute Gasteiger partial charge is 0.150 e. The molecule has 1 atom stereocenters. The van der Waals surface area contributed by atoms with E-state index in [1.165, 1.54) is 25.7 Å². The molecule has 0 aromatic carbocycles. The third kappa shape index (κ3) is 5.31. The van der Waals surface area contributed by atoms with Gasteiger partial charge in [-0.2, -0.15) is 0 Å². The number of rotatable bonds is 8. The summed E-state index contributed by atoms with van der Waals surface area (Å²) in [6, 6.07) is 3.52. The van der Waals surface area contributed by atoms with E-state index in [2.05, 4.69) is 11.9 Å². The van der Waals surface area contributed by atoms with Crippen LogP contribution in [0.3, 0.4) is 0 Å². The Hall–Kier alpha value is -0.900. The van der Waals surface area contributed by atoms with Gasteiger partial charge in [-0.15, -0.1) is 0 Å². The zero-order valence-electron chi connectivity index (χ0n) is 10.5. The highest BCUT2D eigenvalue weighted by atomic mass is 32.2. The third-order valence-electron chi connectivity index (χ3n) is 2.70. The van der Waals surface area contributed by atoms with E-state index in [1.807, 2.05) is 0 Å². The summed E-state index contributed by atoms with van der Waals surface area (Å²) in [7, 11) is -1.04. The van der Waals surface area contributed by atoms with Crippen LogP contribution in [0.15, 0.2) is 23.4 Å². The van der Waals surface area contributed by atoms with Crippen molar-refractivity contribution in [2.24, 2.45) is 0 Å². The summed E-state index contributed by atoms with van der Waals surface area (Å²) in [6.07, 6.45) is 8.87. The molecule has 0 bridgehead atoms. The van der Waals surface area contributed by atoms with Crippen LogP contribution in [0.4, 0.5) is 5.69 Å². The molecule has 1 aromatic heterocycles. The topological polar surface area (TPSA) is 56.0 Å². The molecule has 2 N–H and O–H groups in total. The summed E-state index contributed by atoms with van der Waals surface area (Å²) < 4.78 is 11.9. The van der Waals surface area contributed by atoms with E-state index in [0.717, 1.165) is 12.8 Å². The van der Waals surface area contributed by atoms with E-state index < -0.39 is 10.8 Å². The first-order valence-electron chi connectivity index (χ1n) is 6.34. The van der Waals surface area contributed by atoms with Gasteiger partial charge in [0.05, 0.1) is 16.5 Å². The van der Waals surface area contributed by atoms with Crippen LogP contribution < -0.4 is 5.73 Å². The maximum Gasteiger partial charge on any atom is 0.150 e. The molecule has 0 saturated carbocycles. The predicted octanol–water partition coefficient (Wildman–Crippen LogP) is 3.13. The normalized spacial score (nSPS) is 12.5. The van der Waals surface area contributed by atoms with E-state index in [4.69, 9.17) is 5.73 Å². The van der Waals surface area contributed by atoms with Crippen LogP contribution in [0, 0.1) is 0 Å². The molecule has 4 heteroatoms. The molecule has 1 unspecified atom stereocenters. The Morgan fingerprint density at radius 3 is 2.65 bits per heavy atom. The van der Waals surface area contributed by atoms with Crippen molar-refractivity contribution in [1.29, 1.82) is 0 Å². The number of unbranched alkanes of at least 4 members (excludes halogenated alkanes) is 5. The first kappa shape index (κ1) is 14.2. The zero-order valence-corrected chi connectivity index (χ0v) is 11.3. The number of nitrogens with two attached hydrogens (primary N) is 1. The molecule has 0 amide bonds. The number of pyridine rings is 1. The number of aromatic nitrogens is 1. The lowest BCUT2D eigenvalue weighted by atomic mass is 10.1. The van der Waals surface area contributed by atoms with Crippen LogP contribution in [0.5, 0.6) is 0 Å². The van der Waals surface area contributed by atoms with Gasteiger partial charge in [0.1, 0.15) is 5.03 Å². The Labute approximate surface area is 106 Å². The monoisotopic (exact) mass is 254 g/mol. The molecular formula is C13H22N2OS. The minimum Gasteiger partial charge on any atom is -0.396 e. The van der Waals surface area contributed by atoms with Gasteiger partial charge < -0.3 is 5.73 Å². The van der Waals surface area contributed by atoms with Gasteiger partial charge in [-0.25, -0.2) is 4.98 Å². The molecule has 96 valence electrons. The lowest BCUT2D eigenvalue weighted by Crippen LogP contribution is -2.04. The Morgan fingerprint density at radius 1 is 1.24 bits per heavy atom. The fourth-order valence-electron chi connectivity index (χ4n) is 1.70. The van der Waals surface area contributed by atoms with Crippen molar-refractivity contribution < 1.29 is 4.21 Å². The number of anilines is 1. The minimum atomic E-state index is -1.04. The standard InChI is InChI=1S/C13H22N2OS/c1-2-3-4-5-6-7-11-17(16)13-12(14)9-8-10-15-13/h8-10H,2-7,11,14H2,1H3. The Bertz CT molecular complexity index is 355. The highest BCUT2D eigenvalue weighted by molar-refractivity contribution is 7.85. The first-order chi connectivity index (χ1) is 8.25. The second kappa shape index (κ2) is 8.23. The van der Waals surface area contributed by atoms with Crippen molar-refractivity contribution in [2.45, 2.75) is 50.5 Å². The summed E-state index contributed by atoms with van der Waals surface area (Å²) in [5, 5.41) is 0.543. The number of hydrogen-bond donors (Lipinski definition) is 1. The second-order valence-electron chi connectivity index (χ2n) is 4.22. The molecule has 0 spiro atoms. The van der Waals surface area contributed by atoms with Crippen molar-refractivity contribution in [1.82, 2.24) is 4.98 Å². The first-order valence-corrected chi connectivity index (χ1v) is 7.66. The molecule has 0 aliphatic carbocycles. The van der Waals surface area contributed by atoms with Crippen LogP contribution in [0.1, 0.15) is 45.4 Å².